The Morgan fingerprint density at radius 3 is 2.52 bits per heavy atom. The quantitative estimate of drug-likeness (QED) is 0.729. The number of urea groups is 1. The Bertz CT molecular complexity index is 501. The van der Waals surface area contributed by atoms with Crippen molar-refractivity contribution in [2.24, 2.45) is 0 Å². The molecular weight excluding hydrogens is 274 g/mol. The van der Waals surface area contributed by atoms with Crippen LogP contribution in [-0.2, 0) is 22.5 Å². The molecular formula is C14H19N3O4. The Hall–Kier alpha value is -2.12. The molecule has 0 aliphatic carbocycles. The lowest BCUT2D eigenvalue weighted by Gasteiger charge is -2.27. The number of rotatable bonds is 5. The highest BCUT2D eigenvalue weighted by molar-refractivity contribution is 5.73. The number of hydrogen-bond donors (Lipinski definition) is 3. The number of carboxylic acids is 1. The van der Waals surface area contributed by atoms with E-state index >= 15 is 0 Å². The van der Waals surface area contributed by atoms with Crippen LogP contribution in [0.5, 0.6) is 0 Å². The summed E-state index contributed by atoms with van der Waals surface area (Å²) in [4.78, 5) is 22.6. The van der Waals surface area contributed by atoms with E-state index in [-0.39, 0.29) is 12.5 Å². The summed E-state index contributed by atoms with van der Waals surface area (Å²) in [5, 5.41) is 13.4. The Morgan fingerprint density at radius 2 is 1.86 bits per heavy atom. The highest BCUT2D eigenvalue weighted by Crippen LogP contribution is 2.09. The van der Waals surface area contributed by atoms with Gasteiger partial charge in [0.15, 0.2) is 0 Å². The summed E-state index contributed by atoms with van der Waals surface area (Å²) < 4.78 is 5.19. The van der Waals surface area contributed by atoms with Gasteiger partial charge in [0.25, 0.3) is 0 Å². The third-order valence-corrected chi connectivity index (χ3v) is 3.17. The fraction of sp³-hybridized carbons (Fsp3) is 0.429. The van der Waals surface area contributed by atoms with Gasteiger partial charge in [-0.15, -0.1) is 0 Å². The molecule has 2 rings (SSSR count). The van der Waals surface area contributed by atoms with Crippen molar-refractivity contribution in [2.45, 2.75) is 13.0 Å². The van der Waals surface area contributed by atoms with Crippen molar-refractivity contribution in [2.75, 3.05) is 26.3 Å². The van der Waals surface area contributed by atoms with E-state index in [1.165, 1.54) is 0 Å². The molecule has 7 heteroatoms. The third kappa shape index (κ3) is 5.05. The molecule has 3 N–H and O–H groups in total. The van der Waals surface area contributed by atoms with Crippen molar-refractivity contribution in [3.8, 4) is 0 Å². The fourth-order valence-electron chi connectivity index (χ4n) is 2.10. The number of carbonyl (C=O) groups is 2. The first-order valence-electron chi connectivity index (χ1n) is 6.81. The number of nitrogens with one attached hydrogen (secondary N) is 2. The van der Waals surface area contributed by atoms with Crippen LogP contribution in [-0.4, -0.2) is 48.4 Å². The van der Waals surface area contributed by atoms with Crippen LogP contribution in [0.4, 0.5) is 4.79 Å². The number of carboxylic acid groups (broad SMARTS) is 1. The van der Waals surface area contributed by atoms with Crippen molar-refractivity contribution < 1.29 is 19.4 Å². The highest BCUT2D eigenvalue weighted by atomic mass is 16.5. The van der Waals surface area contributed by atoms with Gasteiger partial charge in [0.05, 0.1) is 19.6 Å². The molecule has 1 fully saturated rings. The average molecular weight is 293 g/mol. The normalized spacial score (nSPS) is 15.4. The number of hydrogen-bond acceptors (Lipinski definition) is 4. The van der Waals surface area contributed by atoms with E-state index in [4.69, 9.17) is 9.84 Å². The lowest BCUT2D eigenvalue weighted by Crippen LogP contribution is -2.51. The minimum atomic E-state index is -0.889. The van der Waals surface area contributed by atoms with E-state index in [1.807, 2.05) is 12.1 Å². The van der Waals surface area contributed by atoms with Crippen molar-refractivity contribution in [1.82, 2.24) is 15.8 Å². The van der Waals surface area contributed by atoms with Gasteiger partial charge in [0, 0.05) is 19.6 Å². The van der Waals surface area contributed by atoms with Crippen LogP contribution in [0.25, 0.3) is 0 Å². The zero-order chi connectivity index (χ0) is 15.1. The van der Waals surface area contributed by atoms with E-state index in [1.54, 1.807) is 17.1 Å². The van der Waals surface area contributed by atoms with Crippen LogP contribution >= 0.6 is 0 Å². The molecule has 21 heavy (non-hydrogen) atoms. The van der Waals surface area contributed by atoms with Gasteiger partial charge in [-0.1, -0.05) is 24.3 Å². The summed E-state index contributed by atoms with van der Waals surface area (Å²) in [5.41, 5.74) is 4.24. The second-order valence-electron chi connectivity index (χ2n) is 4.73. The smallest absolute Gasteiger partial charge is 0.329 e. The molecule has 0 aromatic heterocycles. The molecule has 1 heterocycles. The van der Waals surface area contributed by atoms with Gasteiger partial charge in [-0.05, 0) is 11.1 Å². The first kappa shape index (κ1) is 15.3. The molecule has 0 bridgehead atoms. The van der Waals surface area contributed by atoms with Crippen molar-refractivity contribution in [3.63, 3.8) is 0 Å². The number of aliphatic carboxylic acids is 1. The number of carbonyl (C=O) groups excluding carboxylic acids is 1. The molecule has 1 saturated heterocycles. The van der Waals surface area contributed by atoms with Crippen LogP contribution in [0.2, 0.25) is 0 Å². The van der Waals surface area contributed by atoms with Crippen LogP contribution in [0.1, 0.15) is 11.1 Å². The van der Waals surface area contributed by atoms with Gasteiger partial charge in [0.2, 0.25) is 0 Å². The summed E-state index contributed by atoms with van der Waals surface area (Å²) in [5.74, 6) is -0.889. The Labute approximate surface area is 122 Å². The van der Waals surface area contributed by atoms with E-state index in [0.717, 1.165) is 5.56 Å². The van der Waals surface area contributed by atoms with Gasteiger partial charge in [-0.25, -0.2) is 9.80 Å². The Kier molecular flexibility index (Phi) is 5.53. The number of benzene rings is 1. The standard InChI is InChI=1S/C14H19N3O4/c18-13(19)9-11-3-1-2-4-12(11)10-15-14(20)16-17-5-7-21-8-6-17/h1-4H,5-10H2,(H,18,19)(H2,15,16,20). The minimum absolute atomic E-state index is 0.0526. The Morgan fingerprint density at radius 1 is 1.19 bits per heavy atom. The van der Waals surface area contributed by atoms with Crippen molar-refractivity contribution in [1.29, 1.82) is 0 Å². The van der Waals surface area contributed by atoms with E-state index in [2.05, 4.69) is 10.7 Å². The van der Waals surface area contributed by atoms with Gasteiger partial charge in [-0.3, -0.25) is 10.2 Å². The summed E-state index contributed by atoms with van der Waals surface area (Å²) in [7, 11) is 0. The molecule has 1 aromatic rings. The molecule has 0 radical (unpaired) electrons. The molecule has 1 aliphatic heterocycles. The predicted octanol–water partition coefficient (Wildman–Crippen LogP) is 0.360. The summed E-state index contributed by atoms with van der Waals surface area (Å²) in [6.07, 6.45) is -0.0526. The average Bonchev–Trinajstić information content (AvgIpc) is 2.47. The van der Waals surface area contributed by atoms with Crippen LogP contribution in [0.15, 0.2) is 24.3 Å². The molecule has 0 atom stereocenters. The number of ether oxygens (including phenoxy) is 1. The fourth-order valence-corrected chi connectivity index (χ4v) is 2.10. The van der Waals surface area contributed by atoms with Crippen molar-refractivity contribution in [3.05, 3.63) is 35.4 Å². The SMILES string of the molecule is O=C(O)Cc1ccccc1CNC(=O)NN1CCOCC1. The monoisotopic (exact) mass is 293 g/mol. The summed E-state index contributed by atoms with van der Waals surface area (Å²) in [6, 6.07) is 6.87. The summed E-state index contributed by atoms with van der Waals surface area (Å²) >= 11 is 0. The number of nitrogens with zero attached hydrogens (tertiary/aromatic N) is 1. The van der Waals surface area contributed by atoms with Crippen LogP contribution < -0.4 is 10.7 Å². The zero-order valence-corrected chi connectivity index (χ0v) is 11.7. The maximum Gasteiger partial charge on any atom is 0.329 e. The zero-order valence-electron chi connectivity index (χ0n) is 11.7. The Balaban J connectivity index is 1.84. The first-order valence-corrected chi connectivity index (χ1v) is 6.81. The third-order valence-electron chi connectivity index (χ3n) is 3.17. The summed E-state index contributed by atoms with van der Waals surface area (Å²) in [6.45, 7) is 2.80. The van der Waals surface area contributed by atoms with E-state index in [9.17, 15) is 9.59 Å². The maximum absolute atomic E-state index is 11.8. The van der Waals surface area contributed by atoms with Gasteiger partial charge in [0.1, 0.15) is 0 Å². The topological polar surface area (TPSA) is 90.9 Å². The lowest BCUT2D eigenvalue weighted by atomic mass is 10.0. The number of amides is 2. The number of morpholine rings is 1. The largest absolute Gasteiger partial charge is 0.481 e. The van der Waals surface area contributed by atoms with Crippen LogP contribution in [0.3, 0.4) is 0 Å². The molecule has 1 aromatic carbocycles. The van der Waals surface area contributed by atoms with E-state index < -0.39 is 5.97 Å². The highest BCUT2D eigenvalue weighted by Gasteiger charge is 2.13. The van der Waals surface area contributed by atoms with E-state index in [0.29, 0.717) is 38.4 Å². The van der Waals surface area contributed by atoms with Gasteiger partial charge in [-0.2, -0.15) is 0 Å². The number of hydrazine groups is 1. The van der Waals surface area contributed by atoms with Gasteiger partial charge < -0.3 is 15.2 Å². The first-order chi connectivity index (χ1) is 10.1. The van der Waals surface area contributed by atoms with Gasteiger partial charge >= 0.3 is 12.0 Å². The second-order valence-corrected chi connectivity index (χ2v) is 4.73. The lowest BCUT2D eigenvalue weighted by molar-refractivity contribution is -0.136. The minimum Gasteiger partial charge on any atom is -0.481 e. The molecule has 114 valence electrons. The second kappa shape index (κ2) is 7.61. The predicted molar refractivity (Wildman–Crippen MR) is 75.5 cm³/mol. The molecule has 0 unspecified atom stereocenters. The molecule has 2 amide bonds. The molecule has 7 nitrogen and oxygen atoms in total. The van der Waals surface area contributed by atoms with Crippen LogP contribution in [0, 0.1) is 0 Å². The molecule has 0 saturated carbocycles. The molecule has 0 spiro atoms. The van der Waals surface area contributed by atoms with Crippen molar-refractivity contribution >= 4 is 12.0 Å². The maximum atomic E-state index is 11.8. The molecule has 1 aliphatic rings.